The van der Waals surface area contributed by atoms with E-state index >= 15 is 0 Å². The van der Waals surface area contributed by atoms with Crippen molar-refractivity contribution in [3.63, 3.8) is 0 Å². The number of hydrogen-bond acceptors (Lipinski definition) is 4. The summed E-state index contributed by atoms with van der Waals surface area (Å²) in [6.07, 6.45) is 0.305. The van der Waals surface area contributed by atoms with Crippen LogP contribution in [0, 0.1) is 6.92 Å². The first kappa shape index (κ1) is 23.2. The quantitative estimate of drug-likeness (QED) is 0.487. The van der Waals surface area contributed by atoms with E-state index in [0.717, 1.165) is 33.3 Å². The maximum Gasteiger partial charge on any atom is 0.335 e. The number of carboxylic acids is 1. The van der Waals surface area contributed by atoms with Gasteiger partial charge in [-0.2, -0.15) is 0 Å². The highest BCUT2D eigenvalue weighted by molar-refractivity contribution is 5.88. The van der Waals surface area contributed by atoms with E-state index in [9.17, 15) is 18.7 Å². The highest BCUT2D eigenvalue weighted by Crippen LogP contribution is 2.38. The molecule has 0 spiro atoms. The minimum absolute atomic E-state index is 0.107. The van der Waals surface area contributed by atoms with E-state index in [1.165, 1.54) is 0 Å². The topological polar surface area (TPSA) is 74.8 Å². The van der Waals surface area contributed by atoms with E-state index < -0.39 is 19.0 Å². The van der Waals surface area contributed by atoms with Crippen LogP contribution in [0.3, 0.4) is 0 Å². The van der Waals surface area contributed by atoms with Crippen molar-refractivity contribution in [2.75, 3.05) is 20.3 Å². The normalized spacial score (nSPS) is 19.3. The third-order valence-corrected chi connectivity index (χ3v) is 6.36. The molecule has 0 bridgehead atoms. The lowest BCUT2D eigenvalue weighted by Crippen LogP contribution is -2.40. The van der Waals surface area contributed by atoms with E-state index in [1.807, 2.05) is 25.3 Å². The van der Waals surface area contributed by atoms with Gasteiger partial charge in [-0.1, -0.05) is 12.1 Å². The molecule has 0 amide bonds. The molecular formula is C25H28F2N2O4. The van der Waals surface area contributed by atoms with E-state index in [0.29, 0.717) is 25.9 Å². The molecule has 0 saturated carbocycles. The second-order valence-electron chi connectivity index (χ2n) is 8.42. The largest absolute Gasteiger partial charge is 0.496 e. The predicted octanol–water partition coefficient (Wildman–Crippen LogP) is 5.17. The Labute approximate surface area is 191 Å². The highest BCUT2D eigenvalue weighted by atomic mass is 19.3. The molecule has 2 unspecified atom stereocenters. The Bertz CT molecular complexity index is 1110. The van der Waals surface area contributed by atoms with Gasteiger partial charge in [0.05, 0.1) is 18.8 Å². The van der Waals surface area contributed by atoms with Crippen LogP contribution in [0.5, 0.6) is 5.75 Å². The number of carboxylic acid groups (broad SMARTS) is 1. The Balaban J connectivity index is 1.66. The molecule has 8 heteroatoms. The Morgan fingerprint density at radius 3 is 2.70 bits per heavy atom. The van der Waals surface area contributed by atoms with Gasteiger partial charge in [-0.25, -0.2) is 13.6 Å². The second-order valence-corrected chi connectivity index (χ2v) is 8.42. The first-order chi connectivity index (χ1) is 15.9. The summed E-state index contributed by atoms with van der Waals surface area (Å²) < 4.78 is 36.6. The smallest absolute Gasteiger partial charge is 0.335 e. The van der Waals surface area contributed by atoms with Gasteiger partial charge in [0, 0.05) is 41.8 Å². The molecule has 4 rings (SSSR count). The van der Waals surface area contributed by atoms with Crippen LogP contribution in [0.2, 0.25) is 0 Å². The summed E-state index contributed by atoms with van der Waals surface area (Å²) in [4.78, 5) is 16.9. The van der Waals surface area contributed by atoms with Crippen LogP contribution >= 0.6 is 0 Å². The lowest BCUT2D eigenvalue weighted by molar-refractivity contribution is -0.0603. The summed E-state index contributed by atoms with van der Waals surface area (Å²) in [6.45, 7) is 2.71. The number of likely N-dealkylation sites (tertiary alicyclic amines) is 1. The number of aromatic amines is 1. The van der Waals surface area contributed by atoms with Crippen molar-refractivity contribution in [3.8, 4) is 5.75 Å². The van der Waals surface area contributed by atoms with E-state index in [1.54, 1.807) is 31.4 Å². The number of nitrogens with zero attached hydrogens (tertiary/aromatic N) is 1. The summed E-state index contributed by atoms with van der Waals surface area (Å²) in [6, 6.07) is 10.7. The van der Waals surface area contributed by atoms with Crippen molar-refractivity contribution in [2.24, 2.45) is 0 Å². The molecule has 2 heterocycles. The zero-order valence-electron chi connectivity index (χ0n) is 18.7. The number of carbonyl (C=O) groups is 1. The zero-order chi connectivity index (χ0) is 23.5. The molecule has 6 nitrogen and oxygen atoms in total. The number of rotatable bonds is 8. The van der Waals surface area contributed by atoms with Gasteiger partial charge in [0.15, 0.2) is 0 Å². The van der Waals surface area contributed by atoms with Crippen molar-refractivity contribution < 1.29 is 28.2 Å². The minimum Gasteiger partial charge on any atom is -0.496 e. The van der Waals surface area contributed by atoms with Gasteiger partial charge in [-0.15, -0.1) is 0 Å². The van der Waals surface area contributed by atoms with Crippen LogP contribution in [0.4, 0.5) is 8.78 Å². The van der Waals surface area contributed by atoms with E-state index in [4.69, 9.17) is 9.47 Å². The molecule has 1 aliphatic heterocycles. The molecule has 1 fully saturated rings. The number of aromatic carboxylic acids is 1. The molecule has 1 saturated heterocycles. The number of H-pyrrole nitrogens is 1. The Hall–Kier alpha value is -2.97. The lowest BCUT2D eigenvalue weighted by atomic mass is 9.91. The van der Waals surface area contributed by atoms with Crippen molar-refractivity contribution >= 4 is 16.9 Å². The molecule has 1 aromatic heterocycles. The number of piperidine rings is 1. The standard InChI is InChI=1S/C25H28F2N2O4/c1-15-11-22(32-2)20(19-7-9-28-24(15)19)13-29-10-8-18(33-14-23(26)27)12-21(29)16-3-5-17(6-4-16)25(30)31/h3-7,9,11,18,21,23,28H,8,10,12-14H2,1-2H3,(H,30,31). The van der Waals surface area contributed by atoms with Gasteiger partial charge >= 0.3 is 5.97 Å². The molecule has 2 N–H and O–H groups in total. The number of fused-ring (bicyclic) bond motifs is 1. The molecular weight excluding hydrogens is 430 g/mol. The van der Waals surface area contributed by atoms with Crippen LogP contribution in [0.25, 0.3) is 10.9 Å². The van der Waals surface area contributed by atoms with Gasteiger partial charge in [0.25, 0.3) is 6.43 Å². The third kappa shape index (κ3) is 5.02. The lowest BCUT2D eigenvalue weighted by Gasteiger charge is -2.40. The van der Waals surface area contributed by atoms with Crippen LogP contribution in [-0.2, 0) is 11.3 Å². The van der Waals surface area contributed by atoms with Crippen LogP contribution in [0.1, 0.15) is 45.9 Å². The monoisotopic (exact) mass is 458 g/mol. The number of benzene rings is 2. The van der Waals surface area contributed by atoms with Gasteiger partial charge in [0.2, 0.25) is 0 Å². The second kappa shape index (κ2) is 9.89. The summed E-state index contributed by atoms with van der Waals surface area (Å²) in [7, 11) is 1.66. The Morgan fingerprint density at radius 1 is 1.27 bits per heavy atom. The third-order valence-electron chi connectivity index (χ3n) is 6.36. The molecule has 33 heavy (non-hydrogen) atoms. The Kier molecular flexibility index (Phi) is 6.95. The van der Waals surface area contributed by atoms with Gasteiger partial charge in [-0.05, 0) is 55.2 Å². The van der Waals surface area contributed by atoms with Crippen LogP contribution in [0.15, 0.2) is 42.6 Å². The summed E-state index contributed by atoms with van der Waals surface area (Å²) >= 11 is 0. The van der Waals surface area contributed by atoms with Gasteiger partial charge < -0.3 is 19.6 Å². The highest BCUT2D eigenvalue weighted by Gasteiger charge is 2.32. The number of aryl methyl sites for hydroxylation is 1. The predicted molar refractivity (Wildman–Crippen MR) is 121 cm³/mol. The average Bonchev–Trinajstić information content (AvgIpc) is 3.30. The number of alkyl halides is 2. The molecule has 0 radical (unpaired) electrons. The molecule has 1 aliphatic rings. The van der Waals surface area contributed by atoms with Gasteiger partial charge in [-0.3, -0.25) is 4.90 Å². The SMILES string of the molecule is COc1cc(C)c2[nH]ccc2c1CN1CCC(OCC(F)F)CC1c1ccc(C(=O)O)cc1. The zero-order valence-corrected chi connectivity index (χ0v) is 18.7. The first-order valence-corrected chi connectivity index (χ1v) is 11.0. The number of aromatic nitrogens is 1. The summed E-state index contributed by atoms with van der Waals surface area (Å²) in [5, 5.41) is 10.3. The molecule has 0 aliphatic carbocycles. The average molecular weight is 459 g/mol. The Morgan fingerprint density at radius 2 is 2.03 bits per heavy atom. The fourth-order valence-corrected chi connectivity index (χ4v) is 4.71. The number of halogens is 2. The number of methoxy groups -OCH3 is 1. The molecule has 3 aromatic rings. The molecule has 2 aromatic carbocycles. The molecule has 2 atom stereocenters. The van der Waals surface area contributed by atoms with E-state index in [2.05, 4.69) is 9.88 Å². The number of nitrogens with one attached hydrogen (secondary N) is 1. The minimum atomic E-state index is -2.50. The first-order valence-electron chi connectivity index (χ1n) is 11.0. The van der Waals surface area contributed by atoms with Crippen molar-refractivity contribution in [1.82, 2.24) is 9.88 Å². The summed E-state index contributed by atoms with van der Waals surface area (Å²) in [5.74, 6) is -0.185. The maximum absolute atomic E-state index is 12.7. The number of ether oxygens (including phenoxy) is 2. The van der Waals surface area contributed by atoms with Crippen molar-refractivity contribution in [1.29, 1.82) is 0 Å². The van der Waals surface area contributed by atoms with Crippen molar-refractivity contribution in [3.05, 3.63) is 64.8 Å². The van der Waals surface area contributed by atoms with Gasteiger partial charge in [0.1, 0.15) is 12.4 Å². The fourth-order valence-electron chi connectivity index (χ4n) is 4.71. The fraction of sp³-hybridized carbons (Fsp3) is 0.400. The van der Waals surface area contributed by atoms with E-state index in [-0.39, 0.29) is 17.7 Å². The number of hydrogen-bond donors (Lipinski definition) is 2. The molecule has 176 valence electrons. The summed E-state index contributed by atoms with van der Waals surface area (Å²) in [5.41, 5.74) is 4.35. The maximum atomic E-state index is 12.7. The van der Waals surface area contributed by atoms with Crippen LogP contribution < -0.4 is 4.74 Å². The van der Waals surface area contributed by atoms with Crippen LogP contribution in [-0.4, -0.2) is 53.8 Å². The van der Waals surface area contributed by atoms with Crippen molar-refractivity contribution in [2.45, 2.75) is 44.9 Å².